The molecule has 1 atom stereocenters. The van der Waals surface area contributed by atoms with E-state index in [2.05, 4.69) is 11.4 Å². The predicted molar refractivity (Wildman–Crippen MR) is 90.3 cm³/mol. The lowest BCUT2D eigenvalue weighted by Gasteiger charge is -2.13. The van der Waals surface area contributed by atoms with Gasteiger partial charge in [0.1, 0.15) is 11.7 Å². The van der Waals surface area contributed by atoms with Crippen molar-refractivity contribution in [3.8, 4) is 11.8 Å². The van der Waals surface area contributed by atoms with Crippen LogP contribution in [0.1, 0.15) is 18.1 Å². The lowest BCUT2D eigenvalue weighted by atomic mass is 9.99. The van der Waals surface area contributed by atoms with E-state index >= 15 is 0 Å². The summed E-state index contributed by atoms with van der Waals surface area (Å²) in [5, 5.41) is 12.2. The molecule has 0 aromatic heterocycles. The summed E-state index contributed by atoms with van der Waals surface area (Å²) in [5.41, 5.74) is 2.76. The number of hydrogen-bond donors (Lipinski definition) is 1. The standard InChI is InChI=1S/C19H20N2O2/c1-3-15-6-4-5-7-18(15)21-19(22)16(13-20)12-14-8-10-17(23-2)11-9-14/h4-11,16H,3,12H2,1-2H3,(H,21,22)/t16-/m1/s1. The van der Waals surface area contributed by atoms with Crippen LogP contribution in [0.5, 0.6) is 5.75 Å². The number of anilines is 1. The third kappa shape index (κ3) is 4.33. The van der Waals surface area contributed by atoms with Crippen LogP contribution in [0.25, 0.3) is 0 Å². The number of ether oxygens (including phenoxy) is 1. The number of nitrogens with zero attached hydrogens (tertiary/aromatic N) is 1. The third-order valence-electron chi connectivity index (χ3n) is 3.73. The molecule has 0 aliphatic rings. The molecule has 2 rings (SSSR count). The van der Waals surface area contributed by atoms with Gasteiger partial charge >= 0.3 is 0 Å². The third-order valence-corrected chi connectivity index (χ3v) is 3.73. The molecule has 23 heavy (non-hydrogen) atoms. The van der Waals surface area contributed by atoms with Gasteiger partial charge in [-0.3, -0.25) is 4.79 Å². The molecule has 0 saturated heterocycles. The average Bonchev–Trinajstić information content (AvgIpc) is 2.60. The Hall–Kier alpha value is -2.80. The molecule has 0 fully saturated rings. The second-order valence-electron chi connectivity index (χ2n) is 5.23. The zero-order valence-corrected chi connectivity index (χ0v) is 13.4. The van der Waals surface area contributed by atoms with E-state index in [1.807, 2.05) is 55.5 Å². The number of nitriles is 1. The van der Waals surface area contributed by atoms with Gasteiger partial charge in [0.2, 0.25) is 5.91 Å². The minimum Gasteiger partial charge on any atom is -0.497 e. The van der Waals surface area contributed by atoms with Gasteiger partial charge in [0.15, 0.2) is 0 Å². The summed E-state index contributed by atoms with van der Waals surface area (Å²) in [4.78, 5) is 12.4. The van der Waals surface area contributed by atoms with Gasteiger partial charge in [-0.1, -0.05) is 37.3 Å². The number of carbonyl (C=O) groups excluding carboxylic acids is 1. The van der Waals surface area contributed by atoms with Crippen molar-refractivity contribution >= 4 is 11.6 Å². The van der Waals surface area contributed by atoms with Gasteiger partial charge in [0, 0.05) is 5.69 Å². The fourth-order valence-electron chi connectivity index (χ4n) is 2.36. The molecular formula is C19H20N2O2. The van der Waals surface area contributed by atoms with E-state index in [4.69, 9.17) is 4.74 Å². The minimum absolute atomic E-state index is 0.274. The number of carbonyl (C=O) groups is 1. The summed E-state index contributed by atoms with van der Waals surface area (Å²) in [6, 6.07) is 17.1. The summed E-state index contributed by atoms with van der Waals surface area (Å²) in [5.74, 6) is -0.249. The van der Waals surface area contributed by atoms with Crippen LogP contribution >= 0.6 is 0 Å². The molecule has 0 radical (unpaired) electrons. The van der Waals surface area contributed by atoms with Crippen molar-refractivity contribution in [1.82, 2.24) is 0 Å². The molecular weight excluding hydrogens is 288 g/mol. The van der Waals surface area contributed by atoms with Crippen LogP contribution in [-0.4, -0.2) is 13.0 Å². The minimum atomic E-state index is -0.728. The highest BCUT2D eigenvalue weighted by Crippen LogP contribution is 2.19. The van der Waals surface area contributed by atoms with E-state index in [0.29, 0.717) is 6.42 Å². The van der Waals surface area contributed by atoms with Crippen LogP contribution in [0.4, 0.5) is 5.69 Å². The smallest absolute Gasteiger partial charge is 0.242 e. The van der Waals surface area contributed by atoms with Crippen LogP contribution in [0.2, 0.25) is 0 Å². The molecule has 0 aliphatic heterocycles. The van der Waals surface area contributed by atoms with Crippen molar-refractivity contribution in [2.45, 2.75) is 19.8 Å². The first-order chi connectivity index (χ1) is 11.2. The number of para-hydroxylation sites is 1. The second kappa shape index (κ2) is 8.00. The molecule has 2 aromatic rings. The van der Waals surface area contributed by atoms with Crippen molar-refractivity contribution < 1.29 is 9.53 Å². The zero-order valence-electron chi connectivity index (χ0n) is 13.4. The van der Waals surface area contributed by atoms with E-state index in [1.54, 1.807) is 7.11 Å². The number of rotatable bonds is 6. The van der Waals surface area contributed by atoms with Crippen LogP contribution in [0.3, 0.4) is 0 Å². The molecule has 2 aromatic carbocycles. The number of hydrogen-bond acceptors (Lipinski definition) is 3. The maximum atomic E-state index is 12.4. The first-order valence-electron chi connectivity index (χ1n) is 7.59. The summed E-state index contributed by atoms with van der Waals surface area (Å²) < 4.78 is 5.11. The Kier molecular flexibility index (Phi) is 5.76. The van der Waals surface area contributed by atoms with E-state index in [9.17, 15) is 10.1 Å². The first-order valence-corrected chi connectivity index (χ1v) is 7.59. The van der Waals surface area contributed by atoms with Crippen molar-refractivity contribution in [2.75, 3.05) is 12.4 Å². The molecule has 0 heterocycles. The monoisotopic (exact) mass is 308 g/mol. The van der Waals surface area contributed by atoms with Crippen molar-refractivity contribution in [1.29, 1.82) is 5.26 Å². The summed E-state index contributed by atoms with van der Waals surface area (Å²) >= 11 is 0. The van der Waals surface area contributed by atoms with Gasteiger partial charge in [-0.2, -0.15) is 5.26 Å². The molecule has 118 valence electrons. The molecule has 0 unspecified atom stereocenters. The van der Waals surface area contributed by atoms with Crippen LogP contribution in [0, 0.1) is 17.2 Å². The second-order valence-corrected chi connectivity index (χ2v) is 5.23. The lowest BCUT2D eigenvalue weighted by molar-refractivity contribution is -0.118. The predicted octanol–water partition coefficient (Wildman–Crippen LogP) is 3.58. The number of nitrogens with one attached hydrogen (secondary N) is 1. The lowest BCUT2D eigenvalue weighted by Crippen LogP contribution is -2.24. The Morgan fingerprint density at radius 1 is 1.22 bits per heavy atom. The zero-order chi connectivity index (χ0) is 16.7. The molecule has 0 spiro atoms. The molecule has 0 saturated carbocycles. The normalized spacial score (nSPS) is 11.3. The van der Waals surface area contributed by atoms with Gasteiger partial charge in [0.05, 0.1) is 13.2 Å². The number of aryl methyl sites for hydroxylation is 1. The summed E-state index contributed by atoms with van der Waals surface area (Å²) in [6.07, 6.45) is 1.20. The molecule has 4 nitrogen and oxygen atoms in total. The maximum absolute atomic E-state index is 12.4. The fourth-order valence-corrected chi connectivity index (χ4v) is 2.36. The van der Waals surface area contributed by atoms with Crippen molar-refractivity contribution in [3.63, 3.8) is 0 Å². The molecule has 0 aliphatic carbocycles. The average molecular weight is 308 g/mol. The van der Waals surface area contributed by atoms with Gasteiger partial charge < -0.3 is 10.1 Å². The van der Waals surface area contributed by atoms with Gasteiger partial charge in [-0.25, -0.2) is 0 Å². The topological polar surface area (TPSA) is 62.1 Å². The highest BCUT2D eigenvalue weighted by Gasteiger charge is 2.19. The first kappa shape index (κ1) is 16.6. The van der Waals surface area contributed by atoms with Crippen LogP contribution < -0.4 is 10.1 Å². The van der Waals surface area contributed by atoms with E-state index < -0.39 is 5.92 Å². The Bertz CT molecular complexity index is 702. The Labute approximate surface area is 136 Å². The number of benzene rings is 2. The Balaban J connectivity index is 2.07. The van der Waals surface area contributed by atoms with Crippen molar-refractivity contribution in [2.24, 2.45) is 5.92 Å². The summed E-state index contributed by atoms with van der Waals surface area (Å²) in [6.45, 7) is 2.03. The van der Waals surface area contributed by atoms with E-state index in [0.717, 1.165) is 29.0 Å². The Morgan fingerprint density at radius 2 is 1.91 bits per heavy atom. The van der Waals surface area contributed by atoms with Gasteiger partial charge in [0.25, 0.3) is 0 Å². The largest absolute Gasteiger partial charge is 0.497 e. The highest BCUT2D eigenvalue weighted by atomic mass is 16.5. The fraction of sp³-hybridized carbons (Fsp3) is 0.263. The van der Waals surface area contributed by atoms with Gasteiger partial charge in [-0.05, 0) is 42.2 Å². The van der Waals surface area contributed by atoms with Crippen LogP contribution in [0.15, 0.2) is 48.5 Å². The molecule has 1 amide bonds. The van der Waals surface area contributed by atoms with Crippen molar-refractivity contribution in [3.05, 3.63) is 59.7 Å². The summed E-state index contributed by atoms with van der Waals surface area (Å²) in [7, 11) is 1.60. The highest BCUT2D eigenvalue weighted by molar-refractivity contribution is 5.95. The van der Waals surface area contributed by atoms with E-state index in [-0.39, 0.29) is 5.91 Å². The maximum Gasteiger partial charge on any atom is 0.242 e. The van der Waals surface area contributed by atoms with E-state index in [1.165, 1.54) is 0 Å². The van der Waals surface area contributed by atoms with Gasteiger partial charge in [-0.15, -0.1) is 0 Å². The number of methoxy groups -OCH3 is 1. The molecule has 0 bridgehead atoms. The Morgan fingerprint density at radius 3 is 2.52 bits per heavy atom. The van der Waals surface area contributed by atoms with Crippen LogP contribution in [-0.2, 0) is 17.6 Å². The molecule has 4 heteroatoms. The quantitative estimate of drug-likeness (QED) is 0.887. The number of amides is 1. The molecule has 1 N–H and O–H groups in total. The SMILES string of the molecule is CCc1ccccc1NC(=O)[C@@H](C#N)Cc1ccc(OC)cc1.